The minimum atomic E-state index is -0.869. The molecule has 2 fully saturated rings. The average molecular weight is 747 g/mol. The lowest BCUT2D eigenvalue weighted by Gasteiger charge is -2.29. The monoisotopic (exact) mass is 745 g/mol. The third-order valence-corrected chi connectivity index (χ3v) is 11.0. The SMILES string of the molecule is CNC(=O)c1ncc(-c2nc3c(F)c(-c4cccc(Cl)c4Cl)c(CCC#N)cc3c3c2cc([C@H]2CCCN2C(=O)OC)n3[C@@H]2CNC[C@H]2C)cc1F. The molecule has 0 radical (unpaired) electrons. The fourth-order valence-electron chi connectivity index (χ4n) is 7.77. The van der Waals surface area contributed by atoms with Crippen molar-refractivity contribution in [1.82, 2.24) is 30.1 Å². The second-order valence-electron chi connectivity index (χ2n) is 13.2. The predicted octanol–water partition coefficient (Wildman–Crippen LogP) is 8.00. The number of halogens is 4. The summed E-state index contributed by atoms with van der Waals surface area (Å²) in [6.07, 6.45) is 2.63. The molecule has 2 N–H and O–H groups in total. The Labute approximate surface area is 308 Å². The lowest BCUT2D eigenvalue weighted by molar-refractivity contribution is 0.0953. The highest BCUT2D eigenvalue weighted by atomic mass is 35.5. The number of hydrogen-bond donors (Lipinski definition) is 2. The van der Waals surface area contributed by atoms with Crippen LogP contribution in [0.4, 0.5) is 13.6 Å². The zero-order valence-corrected chi connectivity index (χ0v) is 30.2. The van der Waals surface area contributed by atoms with Gasteiger partial charge < -0.3 is 19.9 Å². The Morgan fingerprint density at radius 2 is 1.98 bits per heavy atom. The number of hydrogen-bond acceptors (Lipinski definition) is 7. The van der Waals surface area contributed by atoms with E-state index >= 15 is 8.78 Å². The van der Waals surface area contributed by atoms with Gasteiger partial charge in [-0.2, -0.15) is 5.26 Å². The summed E-state index contributed by atoms with van der Waals surface area (Å²) >= 11 is 13.1. The van der Waals surface area contributed by atoms with E-state index in [1.165, 1.54) is 26.4 Å². The summed E-state index contributed by atoms with van der Waals surface area (Å²) in [5, 5.41) is 16.9. The average Bonchev–Trinajstić information content (AvgIpc) is 3.89. The molecule has 2 saturated heterocycles. The number of likely N-dealkylation sites (tertiary alicyclic amines) is 1. The quantitative estimate of drug-likeness (QED) is 0.173. The van der Waals surface area contributed by atoms with Gasteiger partial charge in [-0.15, -0.1) is 0 Å². The van der Waals surface area contributed by atoms with E-state index < -0.39 is 29.3 Å². The van der Waals surface area contributed by atoms with Gasteiger partial charge in [-0.1, -0.05) is 42.3 Å². The van der Waals surface area contributed by atoms with Crippen LogP contribution in [0.15, 0.2) is 42.6 Å². The third kappa shape index (κ3) is 5.90. The molecule has 0 spiro atoms. The number of ether oxygens (including phenoxy) is 1. The van der Waals surface area contributed by atoms with Crippen LogP contribution in [-0.2, 0) is 11.2 Å². The Morgan fingerprint density at radius 3 is 2.67 bits per heavy atom. The summed E-state index contributed by atoms with van der Waals surface area (Å²) in [4.78, 5) is 36.2. The van der Waals surface area contributed by atoms with Gasteiger partial charge in [-0.05, 0) is 61.6 Å². The molecular formula is C38H35Cl2F2N7O3. The number of carbonyl (C=O) groups excluding carboxylic acids is 2. The molecule has 2 aliphatic heterocycles. The van der Waals surface area contributed by atoms with Crippen molar-refractivity contribution in [2.45, 2.75) is 44.7 Å². The van der Waals surface area contributed by atoms with E-state index in [1.54, 1.807) is 23.1 Å². The Balaban J connectivity index is 1.64. The van der Waals surface area contributed by atoms with Crippen molar-refractivity contribution >= 4 is 57.0 Å². The number of amides is 2. The largest absolute Gasteiger partial charge is 0.453 e. The van der Waals surface area contributed by atoms with E-state index in [0.29, 0.717) is 46.9 Å². The van der Waals surface area contributed by atoms with E-state index in [2.05, 4.69) is 33.2 Å². The first-order valence-electron chi connectivity index (χ1n) is 17.0. The number of nitrogens with one attached hydrogen (secondary N) is 2. The first-order chi connectivity index (χ1) is 25.1. The molecule has 10 nitrogen and oxygen atoms in total. The topological polar surface area (TPSA) is 125 Å². The van der Waals surface area contributed by atoms with Crippen molar-refractivity contribution < 1.29 is 23.1 Å². The lowest BCUT2D eigenvalue weighted by atomic mass is 9.92. The van der Waals surface area contributed by atoms with E-state index in [4.69, 9.17) is 32.9 Å². The maximum absolute atomic E-state index is 17.5. The molecule has 3 aromatic heterocycles. The van der Waals surface area contributed by atoms with Gasteiger partial charge in [0.25, 0.3) is 5.91 Å². The molecular weight excluding hydrogens is 711 g/mol. The van der Waals surface area contributed by atoms with Crippen LogP contribution in [-0.4, -0.2) is 65.2 Å². The Kier molecular flexibility index (Phi) is 9.78. The van der Waals surface area contributed by atoms with Crippen LogP contribution in [0.5, 0.6) is 0 Å². The zero-order valence-electron chi connectivity index (χ0n) is 28.7. The maximum Gasteiger partial charge on any atom is 0.410 e. The van der Waals surface area contributed by atoms with E-state index in [-0.39, 0.29) is 63.2 Å². The van der Waals surface area contributed by atoms with Crippen molar-refractivity contribution in [2.75, 3.05) is 33.8 Å². The van der Waals surface area contributed by atoms with Gasteiger partial charge in [-0.25, -0.2) is 23.5 Å². The molecule has 14 heteroatoms. The van der Waals surface area contributed by atoms with Gasteiger partial charge in [0.2, 0.25) is 0 Å². The van der Waals surface area contributed by atoms with Crippen LogP contribution < -0.4 is 10.6 Å². The Morgan fingerprint density at radius 1 is 1.17 bits per heavy atom. The van der Waals surface area contributed by atoms with Crippen LogP contribution in [0, 0.1) is 28.9 Å². The standard InChI is InChI=1S/C38H35Cl2F2N7O3/c1-19-16-45-18-29(19)49-28(27-10-6-12-48(27)38(51)52-3)15-24-33(21-14-26(41)35(46-17-21)37(50)44-2)47-34-23(36(24)49)13-20(7-5-11-43)30(32(34)42)22-8-4-9-25(39)31(22)40/h4,8-9,13-15,17,19,27,29,45H,5-7,10,12,16,18H2,1-3H3,(H,44,50)/t19-,27-,29-/m1/s1. The molecule has 0 aliphatic carbocycles. The number of nitriles is 1. The number of aryl methyl sites for hydroxylation is 1. The zero-order chi connectivity index (χ0) is 36.8. The Bertz CT molecular complexity index is 2310. The van der Waals surface area contributed by atoms with Crippen molar-refractivity contribution in [1.29, 1.82) is 5.26 Å². The number of methoxy groups -OCH3 is 1. The van der Waals surface area contributed by atoms with Gasteiger partial charge in [0.15, 0.2) is 17.3 Å². The number of pyridine rings is 2. The summed E-state index contributed by atoms with van der Waals surface area (Å²) in [5.41, 5.74) is 2.57. The highest BCUT2D eigenvalue weighted by Crippen LogP contribution is 2.46. The van der Waals surface area contributed by atoms with E-state index in [9.17, 15) is 14.9 Å². The Hall–Kier alpha value is -4.83. The summed E-state index contributed by atoms with van der Waals surface area (Å²) in [6.45, 7) is 3.97. The van der Waals surface area contributed by atoms with Crippen LogP contribution >= 0.6 is 23.2 Å². The molecule has 2 amide bonds. The normalized spacial score (nSPS) is 18.7. The van der Waals surface area contributed by atoms with Crippen molar-refractivity contribution in [2.24, 2.45) is 5.92 Å². The predicted molar refractivity (Wildman–Crippen MR) is 195 cm³/mol. The highest BCUT2D eigenvalue weighted by molar-refractivity contribution is 6.43. The molecule has 5 heterocycles. The molecule has 0 unspecified atom stereocenters. The molecule has 2 aliphatic rings. The second kappa shape index (κ2) is 14.3. The number of fused-ring (bicyclic) bond motifs is 3. The molecule has 268 valence electrons. The lowest BCUT2D eigenvalue weighted by Crippen LogP contribution is -2.32. The summed E-state index contributed by atoms with van der Waals surface area (Å²) in [6, 6.07) is 11.6. The van der Waals surface area contributed by atoms with Gasteiger partial charge >= 0.3 is 6.09 Å². The van der Waals surface area contributed by atoms with Gasteiger partial charge in [0, 0.05) is 65.9 Å². The summed E-state index contributed by atoms with van der Waals surface area (Å²) < 4.78 is 40.4. The van der Waals surface area contributed by atoms with Gasteiger partial charge in [0.05, 0.1) is 46.5 Å². The number of aromatic nitrogens is 3. The minimum Gasteiger partial charge on any atom is -0.453 e. The highest BCUT2D eigenvalue weighted by Gasteiger charge is 2.38. The van der Waals surface area contributed by atoms with Crippen molar-refractivity contribution in [3.63, 3.8) is 0 Å². The fourth-order valence-corrected chi connectivity index (χ4v) is 8.16. The van der Waals surface area contributed by atoms with Crippen LogP contribution in [0.1, 0.15) is 60.0 Å². The molecule has 7 rings (SSSR count). The molecule has 52 heavy (non-hydrogen) atoms. The second-order valence-corrected chi connectivity index (χ2v) is 14.0. The molecule has 0 bridgehead atoms. The molecule has 5 aromatic rings. The maximum atomic E-state index is 17.5. The smallest absolute Gasteiger partial charge is 0.410 e. The van der Waals surface area contributed by atoms with Gasteiger partial charge in [0.1, 0.15) is 5.52 Å². The number of rotatable bonds is 7. The van der Waals surface area contributed by atoms with Gasteiger partial charge in [-0.3, -0.25) is 9.69 Å². The number of nitrogens with zero attached hydrogens (tertiary/aromatic N) is 5. The van der Waals surface area contributed by atoms with E-state index in [0.717, 1.165) is 18.7 Å². The first kappa shape index (κ1) is 35.6. The van der Waals surface area contributed by atoms with Crippen LogP contribution in [0.2, 0.25) is 10.0 Å². The number of benzene rings is 2. The van der Waals surface area contributed by atoms with Crippen LogP contribution in [0.25, 0.3) is 44.2 Å². The fraction of sp³-hybridized carbons (Fsp3) is 0.342. The van der Waals surface area contributed by atoms with E-state index in [1.807, 2.05) is 12.1 Å². The molecule has 3 atom stereocenters. The van der Waals surface area contributed by atoms with Crippen molar-refractivity contribution in [3.05, 3.63) is 81.2 Å². The van der Waals surface area contributed by atoms with Crippen molar-refractivity contribution in [3.8, 4) is 28.5 Å². The molecule has 2 aromatic carbocycles. The summed E-state index contributed by atoms with van der Waals surface area (Å²) in [7, 11) is 2.73. The number of carbonyl (C=O) groups is 2. The summed E-state index contributed by atoms with van der Waals surface area (Å²) in [5.74, 6) is -2.10. The van der Waals surface area contributed by atoms with Crippen LogP contribution in [0.3, 0.4) is 0 Å². The first-order valence-corrected chi connectivity index (χ1v) is 17.8. The molecule has 0 saturated carbocycles. The minimum absolute atomic E-state index is 0.00853. The third-order valence-electron chi connectivity index (χ3n) is 10.2.